The summed E-state index contributed by atoms with van der Waals surface area (Å²) in [4.78, 5) is 0. The van der Waals surface area contributed by atoms with Gasteiger partial charge in [-0.1, -0.05) is 17.8 Å². The second-order valence-corrected chi connectivity index (χ2v) is 4.77. The number of hydrogen-bond acceptors (Lipinski definition) is 3. The van der Waals surface area contributed by atoms with Crippen molar-refractivity contribution in [2.75, 3.05) is 5.75 Å². The molecule has 0 fully saturated rings. The first kappa shape index (κ1) is 18.2. The van der Waals surface area contributed by atoms with E-state index in [0.717, 1.165) is 10.9 Å². The zero-order valence-corrected chi connectivity index (χ0v) is 14.2. The summed E-state index contributed by atoms with van der Waals surface area (Å²) in [6.45, 7) is 0.708. The first-order valence-corrected chi connectivity index (χ1v) is 6.24. The highest BCUT2D eigenvalue weighted by atomic mass is 79.9. The first-order chi connectivity index (χ1) is 8.18. The second-order valence-electron chi connectivity index (χ2n) is 3.63. The average Bonchev–Trinajstić information content (AvgIpc) is 2.29. The maximum absolute atomic E-state index is 9.87. The lowest BCUT2D eigenvalue weighted by Gasteiger charge is -2.02. The number of halogens is 2. The van der Waals surface area contributed by atoms with Crippen molar-refractivity contribution < 1.29 is 26.7 Å². The quantitative estimate of drug-likeness (QED) is 0.348. The van der Waals surface area contributed by atoms with Gasteiger partial charge in [0.25, 0.3) is 5.52 Å². The molecule has 1 aromatic heterocycles. The molecule has 2 rings (SSSR count). The smallest absolute Gasteiger partial charge is 0.254 e. The molecule has 0 saturated heterocycles. The number of pyridine rings is 1. The highest BCUT2D eigenvalue weighted by molar-refractivity contribution is 8.93. The van der Waals surface area contributed by atoms with Crippen LogP contribution in [0, 0.1) is 5.41 Å². The molecule has 104 valence electrons. The molecule has 1 heterocycles. The number of aromatic hydroxyl groups is 1. The van der Waals surface area contributed by atoms with Crippen LogP contribution in [0.25, 0.3) is 10.9 Å². The van der Waals surface area contributed by atoms with Crippen LogP contribution in [0.3, 0.4) is 0 Å². The van der Waals surface area contributed by atoms with E-state index in [0.29, 0.717) is 12.3 Å². The van der Waals surface area contributed by atoms with Crippen molar-refractivity contribution in [3.05, 3.63) is 36.5 Å². The van der Waals surface area contributed by atoms with E-state index in [2.05, 4.69) is 0 Å². The minimum Gasteiger partial charge on any atom is -1.00 e. The van der Waals surface area contributed by atoms with Gasteiger partial charge >= 0.3 is 0 Å². The van der Waals surface area contributed by atoms with Gasteiger partial charge in [-0.2, -0.15) is 4.57 Å². The molecule has 4 N–H and O–H groups in total. The van der Waals surface area contributed by atoms with Gasteiger partial charge in [0, 0.05) is 6.07 Å². The molecular formula is C12H15Br2N3OS. The first-order valence-electron chi connectivity index (χ1n) is 5.25. The van der Waals surface area contributed by atoms with E-state index in [4.69, 9.17) is 11.1 Å². The molecule has 0 unspecified atom stereocenters. The number of fused-ring (bicyclic) bond motifs is 1. The summed E-state index contributed by atoms with van der Waals surface area (Å²) in [5.41, 5.74) is 6.11. The number of nitrogens with one attached hydrogen (secondary N) is 1. The maximum atomic E-state index is 9.87. The lowest BCUT2D eigenvalue weighted by atomic mass is 10.2. The van der Waals surface area contributed by atoms with E-state index < -0.39 is 0 Å². The molecule has 0 aliphatic rings. The summed E-state index contributed by atoms with van der Waals surface area (Å²) in [5.74, 6) is 0.990. The normalized spacial score (nSPS) is 9.47. The Hall–Kier alpha value is -0.790. The van der Waals surface area contributed by atoms with E-state index >= 15 is 0 Å². The Morgan fingerprint density at radius 1 is 1.32 bits per heavy atom. The van der Waals surface area contributed by atoms with Crippen LogP contribution in [-0.4, -0.2) is 16.0 Å². The van der Waals surface area contributed by atoms with Gasteiger partial charge < -0.3 is 27.8 Å². The molecule has 0 saturated carbocycles. The topological polar surface area (TPSA) is 74.0 Å². The summed E-state index contributed by atoms with van der Waals surface area (Å²) >= 11 is 1.30. The lowest BCUT2D eigenvalue weighted by Crippen LogP contribution is -3.00. The minimum absolute atomic E-state index is 0. The molecule has 0 amide bonds. The van der Waals surface area contributed by atoms with Crippen LogP contribution < -0.4 is 27.3 Å². The van der Waals surface area contributed by atoms with Crippen LogP contribution in [0.15, 0.2) is 36.5 Å². The predicted molar refractivity (Wildman–Crippen MR) is 80.5 cm³/mol. The van der Waals surface area contributed by atoms with E-state index in [1.165, 1.54) is 11.8 Å². The standard InChI is InChI=1S/C12H13N3OS.2BrH/c13-12(14)17-8-7-15-6-2-4-9-3-1-5-10(16)11(9)15;;/h1-6H,7-8H2,(H3-,13,14,16);2*1H. The van der Waals surface area contributed by atoms with E-state index in [1.54, 1.807) is 6.07 Å². The highest BCUT2D eigenvalue weighted by Gasteiger charge is 2.12. The molecule has 1 aromatic carbocycles. The number of phenols is 1. The maximum Gasteiger partial charge on any atom is 0.254 e. The summed E-state index contributed by atoms with van der Waals surface area (Å²) in [6, 6.07) is 9.37. The third-order valence-electron chi connectivity index (χ3n) is 2.46. The summed E-state index contributed by atoms with van der Waals surface area (Å²) in [7, 11) is 0. The number of phenolic OH excluding ortho intramolecular Hbond substituents is 1. The van der Waals surface area contributed by atoms with Crippen molar-refractivity contribution in [2.45, 2.75) is 6.54 Å². The summed E-state index contributed by atoms with van der Waals surface area (Å²) < 4.78 is 1.97. The largest absolute Gasteiger partial charge is 1.00 e. The Bertz CT molecular complexity index is 560. The van der Waals surface area contributed by atoms with Gasteiger partial charge in [0.05, 0.1) is 11.1 Å². The number of para-hydroxylation sites is 1. The fourth-order valence-corrected chi connectivity index (χ4v) is 2.27. The Morgan fingerprint density at radius 3 is 2.68 bits per heavy atom. The number of nitrogens with zero attached hydrogens (tertiary/aromatic N) is 1. The molecular weight excluding hydrogens is 394 g/mol. The third kappa shape index (κ3) is 4.67. The van der Waals surface area contributed by atoms with Crippen LogP contribution in [0.1, 0.15) is 0 Å². The molecule has 0 aliphatic carbocycles. The van der Waals surface area contributed by atoms with Gasteiger partial charge in [-0.25, -0.2) is 0 Å². The monoisotopic (exact) mass is 407 g/mol. The zero-order chi connectivity index (χ0) is 12.3. The van der Waals surface area contributed by atoms with Crippen molar-refractivity contribution in [1.29, 1.82) is 5.41 Å². The zero-order valence-electron chi connectivity index (χ0n) is 10.0. The molecule has 2 aromatic rings. The van der Waals surface area contributed by atoms with E-state index in [-0.39, 0.29) is 44.9 Å². The molecule has 0 radical (unpaired) electrons. The number of aryl methyl sites for hydroxylation is 1. The van der Waals surface area contributed by atoms with E-state index in [9.17, 15) is 5.11 Å². The number of rotatable bonds is 3. The SMILES string of the molecule is Br.N=C(N)SCC[n+]1cccc2cccc(O)c21.[Br-]. The molecule has 19 heavy (non-hydrogen) atoms. The second kappa shape index (κ2) is 8.39. The van der Waals surface area contributed by atoms with E-state index in [1.807, 2.05) is 35.0 Å². The Balaban J connectivity index is 0.00000162. The minimum atomic E-state index is 0. The van der Waals surface area contributed by atoms with Gasteiger partial charge in [-0.15, -0.1) is 17.0 Å². The molecule has 0 bridgehead atoms. The van der Waals surface area contributed by atoms with Crippen LogP contribution in [0.2, 0.25) is 0 Å². The lowest BCUT2D eigenvalue weighted by molar-refractivity contribution is -0.666. The Kier molecular flexibility index (Phi) is 8.05. The summed E-state index contributed by atoms with van der Waals surface area (Å²) in [5, 5.41) is 18.1. The van der Waals surface area contributed by atoms with Crippen molar-refractivity contribution in [1.82, 2.24) is 0 Å². The predicted octanol–water partition coefficient (Wildman–Crippen LogP) is -0.959. The van der Waals surface area contributed by atoms with Crippen molar-refractivity contribution in [3.63, 3.8) is 0 Å². The molecule has 0 spiro atoms. The number of benzene rings is 1. The Labute approximate surface area is 137 Å². The van der Waals surface area contributed by atoms with Crippen molar-refractivity contribution in [2.24, 2.45) is 5.73 Å². The summed E-state index contributed by atoms with van der Waals surface area (Å²) in [6.07, 6.45) is 1.92. The van der Waals surface area contributed by atoms with Gasteiger partial charge in [-0.05, 0) is 18.2 Å². The third-order valence-corrected chi connectivity index (χ3v) is 3.16. The molecule has 4 nitrogen and oxygen atoms in total. The van der Waals surface area contributed by atoms with Crippen LogP contribution in [0.4, 0.5) is 0 Å². The van der Waals surface area contributed by atoms with Gasteiger partial charge in [-0.3, -0.25) is 5.41 Å². The van der Waals surface area contributed by atoms with Crippen LogP contribution in [-0.2, 0) is 6.54 Å². The molecule has 0 atom stereocenters. The number of amidine groups is 1. The number of hydrogen-bond donors (Lipinski definition) is 3. The number of aromatic nitrogens is 1. The van der Waals surface area contributed by atoms with Crippen molar-refractivity contribution >= 4 is 44.8 Å². The van der Waals surface area contributed by atoms with Gasteiger partial charge in [0.15, 0.2) is 23.7 Å². The fraction of sp³-hybridized carbons (Fsp3) is 0.167. The number of nitrogens with two attached hydrogens (primary N) is 1. The molecule has 0 aliphatic heterocycles. The highest BCUT2D eigenvalue weighted by Crippen LogP contribution is 2.20. The van der Waals surface area contributed by atoms with Crippen LogP contribution in [0.5, 0.6) is 5.75 Å². The number of thioether (sulfide) groups is 1. The van der Waals surface area contributed by atoms with Crippen LogP contribution >= 0.6 is 28.7 Å². The molecule has 7 heteroatoms. The average molecular weight is 409 g/mol. The van der Waals surface area contributed by atoms with Crippen molar-refractivity contribution in [3.8, 4) is 5.75 Å². The van der Waals surface area contributed by atoms with Gasteiger partial charge in [0.2, 0.25) is 0 Å². The van der Waals surface area contributed by atoms with Gasteiger partial charge in [0.1, 0.15) is 0 Å². The fourth-order valence-electron chi connectivity index (χ4n) is 1.76. The Morgan fingerprint density at radius 2 is 2.00 bits per heavy atom.